The number of carbonyl (C=O) groups is 1. The third kappa shape index (κ3) is 3.82. The number of morpholine rings is 1. The van der Waals surface area contributed by atoms with Crippen LogP contribution in [0.1, 0.15) is 21.6 Å². The Bertz CT molecular complexity index is 1880. The van der Waals surface area contributed by atoms with Crippen molar-refractivity contribution in [3.05, 3.63) is 69.4 Å². The highest BCUT2D eigenvalue weighted by molar-refractivity contribution is 5.98. The molecule has 7 rings (SSSR count). The van der Waals surface area contributed by atoms with Gasteiger partial charge in [0.05, 0.1) is 35.5 Å². The van der Waals surface area contributed by atoms with Crippen molar-refractivity contribution in [2.24, 2.45) is 7.05 Å². The summed E-state index contributed by atoms with van der Waals surface area (Å²) in [5.41, 5.74) is 3.45. The lowest BCUT2D eigenvalue weighted by Crippen LogP contribution is -2.48. The van der Waals surface area contributed by atoms with E-state index in [0.717, 1.165) is 12.6 Å². The van der Waals surface area contributed by atoms with Gasteiger partial charge in [0.1, 0.15) is 11.2 Å². The van der Waals surface area contributed by atoms with Crippen molar-refractivity contribution in [2.75, 3.05) is 50.6 Å². The molecule has 10 nitrogen and oxygen atoms in total. The van der Waals surface area contributed by atoms with Gasteiger partial charge in [0.25, 0.3) is 0 Å². The molecule has 5 heterocycles. The molecule has 1 aromatic carbocycles. The summed E-state index contributed by atoms with van der Waals surface area (Å²) in [7, 11) is 5.34. The maximum atomic E-state index is 15.7. The fourth-order valence-corrected chi connectivity index (χ4v) is 6.68. The minimum atomic E-state index is -1.33. The summed E-state index contributed by atoms with van der Waals surface area (Å²) in [6.45, 7) is 2.50. The molecule has 2 saturated heterocycles. The van der Waals surface area contributed by atoms with E-state index in [1.54, 1.807) is 32.6 Å². The number of hydrogen-bond acceptors (Lipinski definition) is 8. The Labute approximate surface area is 239 Å². The maximum absolute atomic E-state index is 15.7. The monoisotopic (exact) mass is 574 g/mol. The molecule has 0 spiro atoms. The number of aromatic carboxylic acids is 1. The topological polar surface area (TPSA) is 113 Å². The molecule has 0 saturated carbocycles. The van der Waals surface area contributed by atoms with Crippen LogP contribution in [-0.2, 0) is 18.2 Å². The third-order valence-electron chi connectivity index (χ3n) is 8.77. The van der Waals surface area contributed by atoms with Crippen molar-refractivity contribution in [3.8, 4) is 22.3 Å². The number of benzene rings is 1. The first-order chi connectivity index (χ1) is 20.2. The molecule has 0 radical (unpaired) electrons. The Morgan fingerprint density at radius 1 is 1.14 bits per heavy atom. The van der Waals surface area contributed by atoms with Crippen molar-refractivity contribution >= 4 is 28.4 Å². The molecule has 4 aromatic rings. The summed E-state index contributed by atoms with van der Waals surface area (Å²) in [6, 6.07) is 2.87. The van der Waals surface area contributed by atoms with Gasteiger partial charge in [-0.1, -0.05) is 0 Å². The molecule has 216 valence electrons. The molecule has 3 aromatic heterocycles. The summed E-state index contributed by atoms with van der Waals surface area (Å²) in [4.78, 5) is 38.5. The lowest BCUT2D eigenvalue weighted by atomic mass is 9.97. The number of nitrogens with zero attached hydrogens (tertiary/aromatic N) is 5. The van der Waals surface area contributed by atoms with E-state index in [9.17, 15) is 19.1 Å². The Hall–Kier alpha value is -4.42. The van der Waals surface area contributed by atoms with Crippen LogP contribution in [0.2, 0.25) is 0 Å². The number of anilines is 2. The number of aromatic nitrogens is 3. The summed E-state index contributed by atoms with van der Waals surface area (Å²) < 4.78 is 38.2. The molecule has 0 bridgehead atoms. The smallest absolute Gasteiger partial charge is 0.341 e. The lowest BCUT2D eigenvalue weighted by molar-refractivity contribution is -0.0362. The molecule has 2 fully saturated rings. The fraction of sp³-hybridized carbons (Fsp3) is 0.333. The highest BCUT2D eigenvalue weighted by atomic mass is 19.2. The van der Waals surface area contributed by atoms with Crippen LogP contribution in [0, 0.1) is 11.6 Å². The molecule has 2 aliphatic heterocycles. The molecule has 12 heteroatoms. The van der Waals surface area contributed by atoms with E-state index in [0.29, 0.717) is 71.1 Å². The first kappa shape index (κ1) is 26.5. The zero-order chi connectivity index (χ0) is 29.4. The van der Waals surface area contributed by atoms with Crippen LogP contribution in [0.3, 0.4) is 0 Å². The van der Waals surface area contributed by atoms with Crippen LogP contribution in [-0.4, -0.2) is 83.0 Å². The van der Waals surface area contributed by atoms with E-state index >= 15 is 4.39 Å². The van der Waals surface area contributed by atoms with E-state index in [1.807, 2.05) is 7.05 Å². The van der Waals surface area contributed by atoms with Crippen molar-refractivity contribution in [2.45, 2.75) is 18.6 Å². The van der Waals surface area contributed by atoms with E-state index < -0.39 is 23.0 Å². The molecule has 3 aliphatic rings. The van der Waals surface area contributed by atoms with E-state index in [4.69, 9.17) is 9.72 Å². The Morgan fingerprint density at radius 3 is 2.69 bits per heavy atom. The van der Waals surface area contributed by atoms with Crippen molar-refractivity contribution in [3.63, 3.8) is 0 Å². The highest BCUT2D eigenvalue weighted by Crippen LogP contribution is 2.50. The minimum Gasteiger partial charge on any atom is -0.477 e. The largest absolute Gasteiger partial charge is 0.477 e. The van der Waals surface area contributed by atoms with Crippen molar-refractivity contribution < 1.29 is 23.4 Å². The van der Waals surface area contributed by atoms with E-state index in [-0.39, 0.29) is 28.7 Å². The van der Waals surface area contributed by atoms with Crippen molar-refractivity contribution in [1.82, 2.24) is 19.4 Å². The lowest BCUT2D eigenvalue weighted by Gasteiger charge is -2.33. The van der Waals surface area contributed by atoms with Crippen LogP contribution >= 0.6 is 0 Å². The number of rotatable bonds is 4. The normalized spacial score (nSPS) is 19.6. The predicted octanol–water partition coefficient (Wildman–Crippen LogP) is 3.10. The zero-order valence-electron chi connectivity index (χ0n) is 23.2. The minimum absolute atomic E-state index is 0.0772. The van der Waals surface area contributed by atoms with E-state index in [1.165, 1.54) is 10.8 Å². The Kier molecular flexibility index (Phi) is 6.03. The number of carboxylic acids is 1. The number of likely N-dealkylation sites (N-methyl/N-ethyl adjacent to an activating group) is 1. The number of hydrogen-bond donors (Lipinski definition) is 2. The van der Waals surface area contributed by atoms with Gasteiger partial charge in [-0.25, -0.2) is 18.6 Å². The second-order valence-electron chi connectivity index (χ2n) is 11.1. The van der Waals surface area contributed by atoms with Gasteiger partial charge in [0.15, 0.2) is 11.6 Å². The van der Waals surface area contributed by atoms with Gasteiger partial charge in [-0.05, 0) is 18.7 Å². The number of aryl methyl sites for hydroxylation is 1. The zero-order valence-corrected chi connectivity index (χ0v) is 23.2. The number of carboxylic acid groups (broad SMARTS) is 1. The number of ether oxygens (including phenoxy) is 1. The van der Waals surface area contributed by atoms with Gasteiger partial charge in [0, 0.05) is 92.7 Å². The summed E-state index contributed by atoms with van der Waals surface area (Å²) in [5.74, 6) is -3.23. The Morgan fingerprint density at radius 2 is 1.95 bits per heavy atom. The quantitative estimate of drug-likeness (QED) is 0.334. The summed E-state index contributed by atoms with van der Waals surface area (Å²) in [6.07, 6.45) is 4.76. The summed E-state index contributed by atoms with van der Waals surface area (Å²) >= 11 is 0. The standard InChI is InChI=1S/C30H28F2N6O4/c1-33-20-8-19(31)26(32)24-15(20)7-21-25(24)27(38-12-22-23(13-38)42-5-4-36(22)2)17(10-34-21)14-6-16-28(39)18(30(40)41)11-37(3)29(16)35-9-14/h6,8-11,22-23,33H,4-5,7,12-13H2,1-3H3,(H,40,41)/t22?,23-/m1/s1. The first-order valence-electron chi connectivity index (χ1n) is 13.7. The second kappa shape index (κ2) is 9.57. The average Bonchev–Trinajstić information content (AvgIpc) is 3.59. The molecular formula is C30H28F2N6O4. The van der Waals surface area contributed by atoms with Gasteiger partial charge < -0.3 is 24.6 Å². The SMILES string of the molecule is CNc1cc(F)c(F)c2c1Cc1ncc(-c3cnc4c(c3)c(=O)c(C(=O)O)cn4C)c(N3CC4[C@@H](C3)OCCN4C)c1-2. The highest BCUT2D eigenvalue weighted by Gasteiger charge is 2.42. The molecule has 1 aliphatic carbocycles. The van der Waals surface area contributed by atoms with Crippen LogP contribution in [0.25, 0.3) is 33.3 Å². The molecule has 2 atom stereocenters. The third-order valence-corrected chi connectivity index (χ3v) is 8.77. The second-order valence-corrected chi connectivity index (χ2v) is 11.1. The predicted molar refractivity (Wildman–Crippen MR) is 153 cm³/mol. The number of pyridine rings is 3. The van der Waals surface area contributed by atoms with Crippen LogP contribution in [0.5, 0.6) is 0 Å². The molecular weight excluding hydrogens is 546 g/mol. The Balaban J connectivity index is 1.50. The maximum Gasteiger partial charge on any atom is 0.341 e. The van der Waals surface area contributed by atoms with Gasteiger partial charge >= 0.3 is 5.97 Å². The van der Waals surface area contributed by atoms with Crippen molar-refractivity contribution in [1.29, 1.82) is 0 Å². The molecule has 2 N–H and O–H groups in total. The number of fused-ring (bicyclic) bond motifs is 5. The molecule has 1 unspecified atom stereocenters. The molecule has 42 heavy (non-hydrogen) atoms. The molecule has 0 amide bonds. The van der Waals surface area contributed by atoms with Gasteiger partial charge in [-0.2, -0.15) is 0 Å². The van der Waals surface area contributed by atoms with Gasteiger partial charge in [0.2, 0.25) is 5.43 Å². The van der Waals surface area contributed by atoms with Gasteiger partial charge in [-0.15, -0.1) is 0 Å². The van der Waals surface area contributed by atoms with Crippen LogP contribution < -0.4 is 15.6 Å². The average molecular weight is 575 g/mol. The summed E-state index contributed by atoms with van der Waals surface area (Å²) in [5, 5.41) is 12.7. The fourth-order valence-electron chi connectivity index (χ4n) is 6.68. The first-order valence-corrected chi connectivity index (χ1v) is 13.7. The number of nitrogens with one attached hydrogen (secondary N) is 1. The van der Waals surface area contributed by atoms with Gasteiger partial charge in [-0.3, -0.25) is 14.7 Å². The van der Waals surface area contributed by atoms with E-state index in [2.05, 4.69) is 20.1 Å². The van der Waals surface area contributed by atoms with Crippen LogP contribution in [0.15, 0.2) is 35.5 Å². The van der Waals surface area contributed by atoms with Crippen LogP contribution in [0.4, 0.5) is 20.2 Å². The number of halogens is 2.